The van der Waals surface area contributed by atoms with E-state index in [1.54, 1.807) is 56.6 Å². The van der Waals surface area contributed by atoms with Gasteiger partial charge in [0.2, 0.25) is 0 Å². The summed E-state index contributed by atoms with van der Waals surface area (Å²) in [6.07, 6.45) is 3.54. The molecule has 0 saturated heterocycles. The van der Waals surface area contributed by atoms with E-state index in [4.69, 9.17) is 5.11 Å². The maximum atomic E-state index is 11.7. The molecule has 7 heteroatoms. The molecule has 0 bridgehead atoms. The molecule has 29 heavy (non-hydrogen) atoms. The molecule has 150 valence electrons. The van der Waals surface area contributed by atoms with E-state index in [-0.39, 0.29) is 32.9 Å². The van der Waals surface area contributed by atoms with Crippen LogP contribution >= 0.6 is 0 Å². The number of rotatable bonds is 5. The van der Waals surface area contributed by atoms with Crippen LogP contribution in [0, 0.1) is 5.92 Å². The van der Waals surface area contributed by atoms with Gasteiger partial charge in [-0.3, -0.25) is 14.8 Å². The Morgan fingerprint density at radius 2 is 1.31 bits per heavy atom. The maximum Gasteiger partial charge on any atom is 4.00 e. The predicted octanol–water partition coefficient (Wildman–Crippen LogP) is 3.67. The zero-order valence-corrected chi connectivity index (χ0v) is 18.4. The monoisotopic (exact) mass is 572 g/mol. The van der Waals surface area contributed by atoms with Crippen molar-refractivity contribution in [1.29, 1.82) is 0 Å². The molecule has 3 aromatic rings. The van der Waals surface area contributed by atoms with Gasteiger partial charge < -0.3 is 10.4 Å². The Morgan fingerprint density at radius 1 is 0.828 bits per heavy atom. The second-order valence-corrected chi connectivity index (χ2v) is 6.33. The van der Waals surface area contributed by atoms with Crippen LogP contribution in [0.1, 0.15) is 24.2 Å². The largest absolute Gasteiger partial charge is 4.00 e. The van der Waals surface area contributed by atoms with Gasteiger partial charge in [-0.25, -0.2) is 4.79 Å². The zero-order valence-electron chi connectivity index (χ0n) is 16.1. The molecule has 1 unspecified atom stereocenters. The summed E-state index contributed by atoms with van der Waals surface area (Å²) in [5.41, 5.74) is 2.30. The molecule has 1 aromatic carbocycles. The van der Waals surface area contributed by atoms with E-state index in [9.17, 15) is 9.59 Å². The summed E-state index contributed by atoms with van der Waals surface area (Å²) in [4.78, 5) is 31.0. The third-order valence-corrected chi connectivity index (χ3v) is 3.85. The average molecular weight is 573 g/mol. The second-order valence-electron chi connectivity index (χ2n) is 6.33. The Balaban J connectivity index is 0.000000289. The number of carboxylic acid groups (broad SMARTS) is 1. The number of hydrogen-bond acceptors (Lipinski definition) is 4. The number of carbonyl (C=O) groups excluding carboxylic acids is 1. The normalized spacial score (nSPS) is 10.7. The fourth-order valence-electron chi connectivity index (χ4n) is 2.36. The Labute approximate surface area is 184 Å². The summed E-state index contributed by atoms with van der Waals surface area (Å²) in [7, 11) is 0. The number of benzene rings is 1. The summed E-state index contributed by atoms with van der Waals surface area (Å²) in [6.45, 7) is 3.51. The van der Waals surface area contributed by atoms with Gasteiger partial charge in [-0.05, 0) is 42.3 Å². The first-order valence-electron chi connectivity index (χ1n) is 8.90. The van der Waals surface area contributed by atoms with Gasteiger partial charge in [-0.2, -0.15) is 0 Å². The Bertz CT molecular complexity index is 838. The van der Waals surface area contributed by atoms with Crippen LogP contribution in [0.3, 0.4) is 0 Å². The minimum Gasteiger partial charge on any atom is -0.480 e. The number of aromatic nitrogens is 2. The number of amides is 1. The van der Waals surface area contributed by atoms with Crippen molar-refractivity contribution in [3.8, 4) is 11.4 Å². The first-order valence-corrected chi connectivity index (χ1v) is 8.90. The molecule has 0 aliphatic heterocycles. The van der Waals surface area contributed by atoms with Crippen molar-refractivity contribution in [2.45, 2.75) is 19.9 Å². The average Bonchev–Trinajstić information content (AvgIpc) is 2.74. The fraction of sp³-hybridized carbons (Fsp3) is 0.182. The minimum atomic E-state index is -1.01. The van der Waals surface area contributed by atoms with E-state index in [1.807, 2.05) is 36.4 Å². The topological polar surface area (TPSA) is 92.2 Å². The summed E-state index contributed by atoms with van der Waals surface area (Å²) >= 11 is 0. The van der Waals surface area contributed by atoms with Crippen molar-refractivity contribution in [1.82, 2.24) is 15.3 Å². The third-order valence-electron chi connectivity index (χ3n) is 3.85. The van der Waals surface area contributed by atoms with Gasteiger partial charge >= 0.3 is 27.0 Å². The zero-order chi connectivity index (χ0) is 20.4. The number of nitrogens with one attached hydrogen (secondary N) is 1. The summed E-state index contributed by atoms with van der Waals surface area (Å²) in [6, 6.07) is 19.3. The molecule has 2 heterocycles. The molecular weight excluding hydrogens is 549 g/mol. The van der Waals surface area contributed by atoms with Crippen molar-refractivity contribution in [2.75, 3.05) is 0 Å². The molecule has 0 fully saturated rings. The predicted molar refractivity (Wildman–Crippen MR) is 108 cm³/mol. The van der Waals surface area contributed by atoms with E-state index < -0.39 is 12.0 Å². The number of pyridine rings is 2. The maximum absolute atomic E-state index is 11.7. The molecule has 3 rings (SSSR count). The second kappa shape index (κ2) is 12.6. The molecule has 1 amide bonds. The molecule has 6 nitrogen and oxygen atoms in total. The summed E-state index contributed by atoms with van der Waals surface area (Å²) in [5.74, 6) is -1.52. The van der Waals surface area contributed by atoms with Gasteiger partial charge in [0.15, 0.2) is 0 Å². The van der Waals surface area contributed by atoms with Crippen LogP contribution in [-0.2, 0) is 25.9 Å². The van der Waals surface area contributed by atoms with E-state index >= 15 is 0 Å². The van der Waals surface area contributed by atoms with Gasteiger partial charge in [-0.1, -0.05) is 44.2 Å². The van der Waals surface area contributed by atoms with Crippen LogP contribution in [0.2, 0.25) is 0 Å². The van der Waals surface area contributed by atoms with Crippen LogP contribution in [-0.4, -0.2) is 33.0 Å². The van der Waals surface area contributed by atoms with Crippen molar-refractivity contribution in [3.63, 3.8) is 0 Å². The van der Waals surface area contributed by atoms with Crippen LogP contribution in [0.15, 0.2) is 79.1 Å². The van der Waals surface area contributed by atoms with Crippen LogP contribution in [0.5, 0.6) is 0 Å². The third kappa shape index (κ3) is 7.96. The molecule has 0 saturated carbocycles. The van der Waals surface area contributed by atoms with E-state index in [1.165, 1.54) is 0 Å². The smallest absolute Gasteiger partial charge is 0.480 e. The van der Waals surface area contributed by atoms with E-state index in [0.29, 0.717) is 5.56 Å². The Kier molecular flexibility index (Phi) is 10.5. The fourth-order valence-corrected chi connectivity index (χ4v) is 2.36. The Morgan fingerprint density at radius 3 is 1.69 bits per heavy atom. The molecular formula is C22H23N3O3Pt+4. The van der Waals surface area contributed by atoms with Crippen molar-refractivity contribution >= 4 is 11.9 Å². The molecule has 0 aliphatic rings. The van der Waals surface area contributed by atoms with E-state index in [2.05, 4.69) is 15.3 Å². The number of hydrogen-bond donors (Lipinski definition) is 2. The summed E-state index contributed by atoms with van der Waals surface area (Å²) in [5, 5.41) is 11.4. The van der Waals surface area contributed by atoms with Gasteiger partial charge in [0.05, 0.1) is 11.4 Å². The first kappa shape index (κ1) is 24.2. The SMILES string of the molecule is CC(C)C(NC(=O)c1ccccc1)C(=O)O.[Pt+4].c1ccc(-c2ccccn2)nc1. The van der Waals surface area contributed by atoms with Gasteiger partial charge in [0.25, 0.3) is 5.91 Å². The van der Waals surface area contributed by atoms with Gasteiger partial charge in [0.1, 0.15) is 6.04 Å². The quantitative estimate of drug-likeness (QED) is 0.487. The molecule has 0 radical (unpaired) electrons. The Hall–Kier alpha value is -2.85. The van der Waals surface area contributed by atoms with Crippen molar-refractivity contribution in [2.24, 2.45) is 5.92 Å². The molecule has 2 aromatic heterocycles. The number of nitrogens with zero attached hydrogens (tertiary/aromatic N) is 2. The molecule has 0 aliphatic carbocycles. The number of carboxylic acids is 1. The van der Waals surface area contributed by atoms with Crippen LogP contribution < -0.4 is 5.32 Å². The van der Waals surface area contributed by atoms with Gasteiger partial charge in [-0.15, -0.1) is 0 Å². The molecule has 0 spiro atoms. The van der Waals surface area contributed by atoms with E-state index in [0.717, 1.165) is 11.4 Å². The molecule has 1 atom stereocenters. The van der Waals surface area contributed by atoms with Gasteiger partial charge in [0, 0.05) is 18.0 Å². The van der Waals surface area contributed by atoms with Crippen LogP contribution in [0.4, 0.5) is 0 Å². The van der Waals surface area contributed by atoms with Crippen molar-refractivity contribution in [3.05, 3.63) is 84.7 Å². The first-order chi connectivity index (χ1) is 13.5. The van der Waals surface area contributed by atoms with Crippen LogP contribution in [0.25, 0.3) is 11.4 Å². The molecule has 2 N–H and O–H groups in total. The van der Waals surface area contributed by atoms with Crippen molar-refractivity contribution < 1.29 is 35.8 Å². The minimum absolute atomic E-state index is 0. The summed E-state index contributed by atoms with van der Waals surface area (Å²) < 4.78 is 0. The number of aliphatic carboxylic acids is 1. The number of carbonyl (C=O) groups is 2. The standard InChI is InChI=1S/C12H15NO3.C10H8N2.Pt/c1-8(2)10(12(15)16)13-11(14)9-6-4-3-5-7-9;1-3-7-11-9(5-1)10-6-2-4-8-12-10;/h3-8,10H,1-2H3,(H,13,14)(H,15,16);1-8H;/q;;+4.